The van der Waals surface area contributed by atoms with E-state index < -0.39 is 16.0 Å². The smallest absolute Gasteiger partial charge is 0.303 e. The Labute approximate surface area is 119 Å². The molecule has 19 heavy (non-hydrogen) atoms. The molecule has 2 N–H and O–H groups in total. The van der Waals surface area contributed by atoms with E-state index in [-0.39, 0.29) is 24.3 Å². The number of rotatable bonds is 6. The third-order valence-corrected chi connectivity index (χ3v) is 4.35. The van der Waals surface area contributed by atoms with Gasteiger partial charge < -0.3 is 5.11 Å². The van der Waals surface area contributed by atoms with Gasteiger partial charge in [-0.1, -0.05) is 0 Å². The van der Waals surface area contributed by atoms with E-state index in [1.807, 2.05) is 6.07 Å². The fourth-order valence-corrected chi connectivity index (χ4v) is 3.00. The van der Waals surface area contributed by atoms with Crippen LogP contribution in [0.4, 0.5) is 0 Å². The lowest BCUT2D eigenvalue weighted by Gasteiger charge is -2.07. The van der Waals surface area contributed by atoms with Gasteiger partial charge in [0.25, 0.3) is 0 Å². The van der Waals surface area contributed by atoms with Crippen LogP contribution in [0.2, 0.25) is 0 Å². The van der Waals surface area contributed by atoms with Crippen LogP contribution >= 0.6 is 15.9 Å². The summed E-state index contributed by atoms with van der Waals surface area (Å²) in [4.78, 5) is 10.3. The average molecular weight is 347 g/mol. The number of hydrogen-bond donors (Lipinski definition) is 2. The summed E-state index contributed by atoms with van der Waals surface area (Å²) in [5.41, 5.74) is 0.338. The van der Waals surface area contributed by atoms with Gasteiger partial charge in [0.05, 0.1) is 10.5 Å². The van der Waals surface area contributed by atoms with Gasteiger partial charge in [-0.15, -0.1) is 0 Å². The summed E-state index contributed by atoms with van der Waals surface area (Å²) >= 11 is 3.11. The fraction of sp³-hybridized carbons (Fsp3) is 0.273. The molecule has 8 heteroatoms. The number of nitriles is 1. The highest BCUT2D eigenvalue weighted by Crippen LogP contribution is 2.20. The van der Waals surface area contributed by atoms with Gasteiger partial charge in [0.15, 0.2) is 0 Å². The van der Waals surface area contributed by atoms with Crippen LogP contribution in [0.3, 0.4) is 0 Å². The molecule has 0 bridgehead atoms. The Morgan fingerprint density at radius 1 is 1.47 bits per heavy atom. The molecule has 0 aliphatic rings. The minimum atomic E-state index is -3.69. The predicted octanol–water partition coefficient (Wildman–Crippen LogP) is 1.46. The van der Waals surface area contributed by atoms with E-state index in [4.69, 9.17) is 10.4 Å². The van der Waals surface area contributed by atoms with E-state index in [1.165, 1.54) is 18.2 Å². The minimum absolute atomic E-state index is 0.0219. The number of nitrogens with zero attached hydrogens (tertiary/aromatic N) is 1. The Bertz CT molecular complexity index is 622. The van der Waals surface area contributed by atoms with E-state index in [0.717, 1.165) is 0 Å². The summed E-state index contributed by atoms with van der Waals surface area (Å²) in [5, 5.41) is 17.2. The molecule has 0 heterocycles. The quantitative estimate of drug-likeness (QED) is 0.758. The molecule has 0 aromatic heterocycles. The number of sulfonamides is 1. The second-order valence-electron chi connectivity index (χ2n) is 3.65. The van der Waals surface area contributed by atoms with E-state index in [2.05, 4.69) is 20.7 Å². The molecule has 0 saturated carbocycles. The molecule has 1 rings (SSSR count). The number of benzene rings is 1. The maximum Gasteiger partial charge on any atom is 0.303 e. The second kappa shape index (κ2) is 6.65. The normalized spacial score (nSPS) is 10.9. The van der Waals surface area contributed by atoms with Crippen molar-refractivity contribution in [1.82, 2.24) is 4.72 Å². The predicted molar refractivity (Wildman–Crippen MR) is 70.9 cm³/mol. The molecule has 0 radical (unpaired) electrons. The van der Waals surface area contributed by atoms with E-state index in [9.17, 15) is 13.2 Å². The Balaban J connectivity index is 2.75. The minimum Gasteiger partial charge on any atom is -0.481 e. The highest BCUT2D eigenvalue weighted by molar-refractivity contribution is 9.10. The van der Waals surface area contributed by atoms with Gasteiger partial charge in [-0.25, -0.2) is 13.1 Å². The lowest BCUT2D eigenvalue weighted by Crippen LogP contribution is -2.25. The number of nitrogens with one attached hydrogen (secondary N) is 1. The van der Waals surface area contributed by atoms with Crippen LogP contribution in [0.5, 0.6) is 0 Å². The van der Waals surface area contributed by atoms with Crippen molar-refractivity contribution in [3.63, 3.8) is 0 Å². The van der Waals surface area contributed by atoms with E-state index in [0.29, 0.717) is 10.0 Å². The highest BCUT2D eigenvalue weighted by atomic mass is 79.9. The fourth-order valence-electron chi connectivity index (χ4n) is 1.28. The maximum atomic E-state index is 11.9. The van der Waals surface area contributed by atoms with Gasteiger partial charge in [-0.05, 0) is 40.5 Å². The van der Waals surface area contributed by atoms with Crippen molar-refractivity contribution < 1.29 is 18.3 Å². The second-order valence-corrected chi connectivity index (χ2v) is 6.27. The Morgan fingerprint density at radius 2 is 2.16 bits per heavy atom. The zero-order chi connectivity index (χ0) is 14.5. The molecule has 0 amide bonds. The lowest BCUT2D eigenvalue weighted by molar-refractivity contribution is -0.137. The first kappa shape index (κ1) is 15.6. The van der Waals surface area contributed by atoms with Crippen LogP contribution in [0, 0.1) is 11.3 Å². The summed E-state index contributed by atoms with van der Waals surface area (Å²) in [6, 6.07) is 5.96. The molecule has 102 valence electrons. The molecule has 0 aliphatic carbocycles. The molecule has 0 saturated heterocycles. The van der Waals surface area contributed by atoms with Crippen molar-refractivity contribution >= 4 is 31.9 Å². The van der Waals surface area contributed by atoms with Gasteiger partial charge in [0, 0.05) is 17.4 Å². The molecule has 0 unspecified atom stereocenters. The average Bonchev–Trinajstić information content (AvgIpc) is 2.34. The maximum absolute atomic E-state index is 11.9. The number of carboxylic acids is 1. The summed E-state index contributed by atoms with van der Waals surface area (Å²) in [7, 11) is -3.69. The first-order valence-electron chi connectivity index (χ1n) is 5.28. The van der Waals surface area contributed by atoms with Crippen LogP contribution in [-0.2, 0) is 14.8 Å². The van der Waals surface area contributed by atoms with Crippen LogP contribution in [0.15, 0.2) is 27.6 Å². The Kier molecular flexibility index (Phi) is 5.47. The zero-order valence-corrected chi connectivity index (χ0v) is 12.2. The highest BCUT2D eigenvalue weighted by Gasteiger charge is 2.15. The monoisotopic (exact) mass is 346 g/mol. The van der Waals surface area contributed by atoms with Gasteiger partial charge in [-0.2, -0.15) is 5.26 Å². The van der Waals surface area contributed by atoms with Crippen molar-refractivity contribution in [2.75, 3.05) is 6.54 Å². The van der Waals surface area contributed by atoms with E-state index >= 15 is 0 Å². The molecule has 1 aromatic carbocycles. The third kappa shape index (κ3) is 4.63. The first-order valence-corrected chi connectivity index (χ1v) is 7.55. The zero-order valence-electron chi connectivity index (χ0n) is 9.76. The van der Waals surface area contributed by atoms with Gasteiger partial charge in [0.2, 0.25) is 10.0 Å². The molecule has 1 aromatic rings. The largest absolute Gasteiger partial charge is 0.481 e. The van der Waals surface area contributed by atoms with Crippen LogP contribution in [0.1, 0.15) is 18.4 Å². The summed E-state index contributed by atoms with van der Waals surface area (Å²) < 4.78 is 26.4. The molecule has 0 aliphatic heterocycles. The molecular formula is C11H11BrN2O4S. The number of halogens is 1. The third-order valence-electron chi connectivity index (χ3n) is 2.23. The lowest BCUT2D eigenvalue weighted by atomic mass is 10.2. The van der Waals surface area contributed by atoms with Crippen molar-refractivity contribution in [2.45, 2.75) is 17.7 Å². The molecule has 0 fully saturated rings. The van der Waals surface area contributed by atoms with Gasteiger partial charge >= 0.3 is 5.97 Å². The summed E-state index contributed by atoms with van der Waals surface area (Å²) in [6.45, 7) is 0.0479. The number of aliphatic carboxylic acids is 1. The standard InChI is InChI=1S/C11H11BrN2O4S/c12-10-6-9(4-3-8(10)7-13)19(17,18)14-5-1-2-11(15)16/h3-4,6,14H,1-2,5H2,(H,15,16). The van der Waals surface area contributed by atoms with E-state index in [1.54, 1.807) is 0 Å². The molecule has 0 spiro atoms. The van der Waals surface area contributed by atoms with Gasteiger partial charge in [0.1, 0.15) is 6.07 Å². The van der Waals surface area contributed by atoms with Gasteiger partial charge in [-0.3, -0.25) is 4.79 Å². The molecule has 6 nitrogen and oxygen atoms in total. The van der Waals surface area contributed by atoms with Crippen molar-refractivity contribution in [2.24, 2.45) is 0 Å². The van der Waals surface area contributed by atoms with Crippen LogP contribution < -0.4 is 4.72 Å². The Hall–Kier alpha value is -1.43. The summed E-state index contributed by atoms with van der Waals surface area (Å²) in [5.74, 6) is -0.972. The van der Waals surface area contributed by atoms with Crippen LogP contribution in [-0.4, -0.2) is 26.0 Å². The van der Waals surface area contributed by atoms with Crippen LogP contribution in [0.25, 0.3) is 0 Å². The van der Waals surface area contributed by atoms with Crippen molar-refractivity contribution in [1.29, 1.82) is 5.26 Å². The molecular weight excluding hydrogens is 336 g/mol. The number of carboxylic acid groups (broad SMARTS) is 1. The summed E-state index contributed by atoms with van der Waals surface area (Å²) in [6.07, 6.45) is 0.117. The number of carbonyl (C=O) groups is 1. The van der Waals surface area contributed by atoms with Crippen molar-refractivity contribution in [3.05, 3.63) is 28.2 Å². The van der Waals surface area contributed by atoms with Crippen molar-refractivity contribution in [3.8, 4) is 6.07 Å². The molecule has 0 atom stereocenters. The Morgan fingerprint density at radius 3 is 2.68 bits per heavy atom. The topological polar surface area (TPSA) is 107 Å². The SMILES string of the molecule is N#Cc1ccc(S(=O)(=O)NCCCC(=O)O)cc1Br. The first-order chi connectivity index (χ1) is 8.86. The number of hydrogen-bond acceptors (Lipinski definition) is 4.